The van der Waals surface area contributed by atoms with Gasteiger partial charge in [-0.1, -0.05) is 12.1 Å². The zero-order chi connectivity index (χ0) is 9.97. The molecule has 14 heavy (non-hydrogen) atoms. The van der Waals surface area contributed by atoms with Crippen molar-refractivity contribution in [1.82, 2.24) is 10.2 Å². The normalized spacial score (nSPS) is 10.0. The minimum atomic E-state index is -0.211. The summed E-state index contributed by atoms with van der Waals surface area (Å²) in [6.07, 6.45) is 0. The van der Waals surface area contributed by atoms with E-state index in [9.17, 15) is 4.79 Å². The lowest BCUT2D eigenvalue weighted by molar-refractivity contribution is 0.995. The van der Waals surface area contributed by atoms with E-state index in [0.29, 0.717) is 11.4 Å². The highest BCUT2D eigenvalue weighted by Crippen LogP contribution is 2.17. The molecule has 0 aliphatic heterocycles. The molecule has 0 radical (unpaired) electrons. The first-order valence-electron chi connectivity index (χ1n) is 4.17. The van der Waals surface area contributed by atoms with Gasteiger partial charge in [0.15, 0.2) is 0 Å². The molecule has 0 saturated heterocycles. The van der Waals surface area contributed by atoms with Crippen LogP contribution in [0.2, 0.25) is 0 Å². The third-order valence-electron chi connectivity index (χ3n) is 1.86. The summed E-state index contributed by atoms with van der Waals surface area (Å²) < 4.78 is 0. The zero-order valence-electron chi connectivity index (χ0n) is 7.40. The molecule has 1 aromatic carbocycles. The molecular weight excluding hydrogens is 178 g/mol. The minimum absolute atomic E-state index is 0.211. The lowest BCUT2D eigenvalue weighted by atomic mass is 10.1. The highest BCUT2D eigenvalue weighted by atomic mass is 16.1. The number of nitrogens with two attached hydrogens (primary N) is 1. The van der Waals surface area contributed by atoms with E-state index in [-0.39, 0.29) is 5.56 Å². The van der Waals surface area contributed by atoms with Crippen LogP contribution in [0.15, 0.2) is 41.2 Å². The third kappa shape index (κ3) is 1.64. The zero-order valence-corrected chi connectivity index (χ0v) is 7.40. The molecule has 4 heteroatoms. The standard InChI is InChI=1S/C10H9N3O/c11-8-3-1-2-7(6-8)9-4-5-10(14)13-12-9/h1-6H,11H2,(H,13,14). The van der Waals surface area contributed by atoms with Crippen molar-refractivity contribution < 1.29 is 0 Å². The van der Waals surface area contributed by atoms with Gasteiger partial charge in [-0.3, -0.25) is 4.79 Å². The summed E-state index contributed by atoms with van der Waals surface area (Å²) in [6.45, 7) is 0. The highest BCUT2D eigenvalue weighted by Gasteiger charge is 1.98. The van der Waals surface area contributed by atoms with E-state index in [1.165, 1.54) is 6.07 Å². The van der Waals surface area contributed by atoms with Gasteiger partial charge in [0.2, 0.25) is 0 Å². The molecule has 2 rings (SSSR count). The second kappa shape index (κ2) is 3.33. The lowest BCUT2D eigenvalue weighted by Crippen LogP contribution is -2.05. The van der Waals surface area contributed by atoms with Crippen molar-refractivity contribution in [3.8, 4) is 11.3 Å². The largest absolute Gasteiger partial charge is 0.399 e. The summed E-state index contributed by atoms with van der Waals surface area (Å²) in [5.74, 6) is 0. The maximum Gasteiger partial charge on any atom is 0.264 e. The SMILES string of the molecule is Nc1cccc(-c2ccc(=O)[nH]n2)c1. The fraction of sp³-hybridized carbons (Fsp3) is 0. The molecule has 0 fully saturated rings. The van der Waals surface area contributed by atoms with Crippen molar-refractivity contribution in [1.29, 1.82) is 0 Å². The topological polar surface area (TPSA) is 71.8 Å². The van der Waals surface area contributed by atoms with Gasteiger partial charge in [-0.05, 0) is 18.2 Å². The second-order valence-electron chi connectivity index (χ2n) is 2.93. The van der Waals surface area contributed by atoms with Gasteiger partial charge in [-0.15, -0.1) is 0 Å². The van der Waals surface area contributed by atoms with Gasteiger partial charge < -0.3 is 5.73 Å². The maximum atomic E-state index is 10.8. The van der Waals surface area contributed by atoms with Gasteiger partial charge in [-0.25, -0.2) is 5.10 Å². The number of nitrogens with one attached hydrogen (secondary N) is 1. The second-order valence-corrected chi connectivity index (χ2v) is 2.93. The summed E-state index contributed by atoms with van der Waals surface area (Å²) in [5, 5.41) is 6.27. The number of nitrogen functional groups attached to an aromatic ring is 1. The molecule has 0 aliphatic rings. The van der Waals surface area contributed by atoms with Gasteiger partial charge >= 0.3 is 0 Å². The molecule has 1 aromatic heterocycles. The van der Waals surface area contributed by atoms with Crippen LogP contribution in [0.4, 0.5) is 5.69 Å². The predicted octanol–water partition coefficient (Wildman–Crippen LogP) is 1.02. The number of H-pyrrole nitrogens is 1. The van der Waals surface area contributed by atoms with Crippen LogP contribution < -0.4 is 11.3 Å². The maximum absolute atomic E-state index is 10.8. The van der Waals surface area contributed by atoms with Crippen LogP contribution in [0.25, 0.3) is 11.3 Å². The van der Waals surface area contributed by atoms with Crippen LogP contribution in [0, 0.1) is 0 Å². The van der Waals surface area contributed by atoms with Crippen LogP contribution in [-0.2, 0) is 0 Å². The Balaban J connectivity index is 2.49. The van der Waals surface area contributed by atoms with Gasteiger partial charge in [0, 0.05) is 17.3 Å². The molecular formula is C10H9N3O. The quantitative estimate of drug-likeness (QED) is 0.654. The molecule has 0 atom stereocenters. The van der Waals surface area contributed by atoms with Crippen molar-refractivity contribution in [2.24, 2.45) is 0 Å². The van der Waals surface area contributed by atoms with E-state index < -0.39 is 0 Å². The van der Waals surface area contributed by atoms with Crippen molar-refractivity contribution in [3.63, 3.8) is 0 Å². The smallest absolute Gasteiger partial charge is 0.264 e. The first kappa shape index (κ1) is 8.50. The van der Waals surface area contributed by atoms with Crippen LogP contribution in [0.1, 0.15) is 0 Å². The molecule has 0 aliphatic carbocycles. The Morgan fingerprint density at radius 1 is 1.21 bits per heavy atom. The van der Waals surface area contributed by atoms with Crippen LogP contribution >= 0.6 is 0 Å². The molecule has 3 N–H and O–H groups in total. The monoisotopic (exact) mass is 187 g/mol. The molecule has 70 valence electrons. The Hall–Kier alpha value is -2.10. The first-order chi connectivity index (χ1) is 6.75. The number of aromatic amines is 1. The summed E-state index contributed by atoms with van der Waals surface area (Å²) in [4.78, 5) is 10.8. The fourth-order valence-corrected chi connectivity index (χ4v) is 1.20. The molecule has 0 bridgehead atoms. The molecule has 0 unspecified atom stereocenters. The molecule has 2 aromatic rings. The van der Waals surface area contributed by atoms with Crippen LogP contribution in [-0.4, -0.2) is 10.2 Å². The van der Waals surface area contributed by atoms with Crippen molar-refractivity contribution in [3.05, 3.63) is 46.8 Å². The van der Waals surface area contributed by atoms with Crippen molar-refractivity contribution >= 4 is 5.69 Å². The Morgan fingerprint density at radius 3 is 2.71 bits per heavy atom. The van der Waals surface area contributed by atoms with E-state index >= 15 is 0 Å². The van der Waals surface area contributed by atoms with E-state index in [1.807, 2.05) is 12.1 Å². The summed E-state index contributed by atoms with van der Waals surface area (Å²) >= 11 is 0. The van der Waals surface area contributed by atoms with E-state index in [4.69, 9.17) is 5.73 Å². The van der Waals surface area contributed by atoms with Gasteiger partial charge in [-0.2, -0.15) is 5.10 Å². The summed E-state index contributed by atoms with van der Waals surface area (Å²) in [5.41, 5.74) is 7.69. The predicted molar refractivity (Wildman–Crippen MR) is 54.7 cm³/mol. The number of hydrogen-bond acceptors (Lipinski definition) is 3. The number of benzene rings is 1. The van der Waals surface area contributed by atoms with E-state index in [1.54, 1.807) is 18.2 Å². The fourth-order valence-electron chi connectivity index (χ4n) is 1.20. The van der Waals surface area contributed by atoms with Crippen LogP contribution in [0.3, 0.4) is 0 Å². The number of nitrogens with zero attached hydrogens (tertiary/aromatic N) is 1. The Labute approximate surface area is 80.4 Å². The Bertz CT molecular complexity index is 484. The van der Waals surface area contributed by atoms with E-state index in [2.05, 4.69) is 10.2 Å². The number of aromatic nitrogens is 2. The molecule has 4 nitrogen and oxygen atoms in total. The number of rotatable bonds is 1. The van der Waals surface area contributed by atoms with Crippen molar-refractivity contribution in [2.75, 3.05) is 5.73 Å². The van der Waals surface area contributed by atoms with Gasteiger partial charge in [0.25, 0.3) is 5.56 Å². The minimum Gasteiger partial charge on any atom is -0.399 e. The average Bonchev–Trinajstić information content (AvgIpc) is 2.19. The number of hydrogen-bond donors (Lipinski definition) is 2. The average molecular weight is 187 g/mol. The highest BCUT2D eigenvalue weighted by molar-refractivity contribution is 5.63. The molecule has 1 heterocycles. The van der Waals surface area contributed by atoms with Crippen LogP contribution in [0.5, 0.6) is 0 Å². The summed E-state index contributed by atoms with van der Waals surface area (Å²) in [7, 11) is 0. The Morgan fingerprint density at radius 2 is 2.07 bits per heavy atom. The third-order valence-corrected chi connectivity index (χ3v) is 1.86. The summed E-state index contributed by atoms with van der Waals surface area (Å²) in [6, 6.07) is 10.4. The molecule has 0 spiro atoms. The lowest BCUT2D eigenvalue weighted by Gasteiger charge is -1.99. The van der Waals surface area contributed by atoms with Gasteiger partial charge in [0.05, 0.1) is 5.69 Å². The molecule has 0 amide bonds. The van der Waals surface area contributed by atoms with Crippen molar-refractivity contribution in [2.45, 2.75) is 0 Å². The number of anilines is 1. The van der Waals surface area contributed by atoms with E-state index in [0.717, 1.165) is 5.56 Å². The van der Waals surface area contributed by atoms with Gasteiger partial charge in [0.1, 0.15) is 0 Å². The first-order valence-corrected chi connectivity index (χ1v) is 4.17. The Kier molecular flexibility index (Phi) is 2.02. The molecule has 0 saturated carbocycles.